The number of nitrogens with one attached hydrogen (secondary N) is 1. The molecule has 0 unspecified atom stereocenters. The van der Waals surface area contributed by atoms with Crippen molar-refractivity contribution in [2.75, 3.05) is 0 Å². The molecule has 0 radical (unpaired) electrons. The third-order valence-electron chi connectivity index (χ3n) is 3.21. The van der Waals surface area contributed by atoms with Gasteiger partial charge in [-0.05, 0) is 24.1 Å². The average molecular weight is 309 g/mol. The number of hydrogen-bond acceptors (Lipinski definition) is 4. The first kappa shape index (κ1) is 14.3. The predicted molar refractivity (Wildman–Crippen MR) is 84.7 cm³/mol. The Kier molecular flexibility index (Phi) is 3.89. The van der Waals surface area contributed by atoms with Gasteiger partial charge in [-0.25, -0.2) is 0 Å². The second-order valence-corrected chi connectivity index (χ2v) is 5.49. The van der Waals surface area contributed by atoms with Crippen molar-refractivity contribution in [3.8, 4) is 0 Å². The predicted octanol–water partition coefficient (Wildman–Crippen LogP) is 3.03. The maximum Gasteiger partial charge on any atom is 0.261 e. The van der Waals surface area contributed by atoms with E-state index in [1.165, 1.54) is 6.08 Å². The SMILES string of the molecule is O=C(NSC1=CC(=O)c2ccccc2C1=O)c1ccccc1. The molecule has 1 amide bonds. The van der Waals surface area contributed by atoms with Crippen molar-refractivity contribution >= 4 is 29.4 Å². The summed E-state index contributed by atoms with van der Waals surface area (Å²) in [6.07, 6.45) is 1.26. The lowest BCUT2D eigenvalue weighted by atomic mass is 9.95. The molecule has 0 bridgehead atoms. The summed E-state index contributed by atoms with van der Waals surface area (Å²) in [7, 11) is 0. The summed E-state index contributed by atoms with van der Waals surface area (Å²) in [5.74, 6) is -0.800. The van der Waals surface area contributed by atoms with Crippen LogP contribution in [0.4, 0.5) is 0 Å². The molecule has 1 aliphatic carbocycles. The number of hydrogen-bond donors (Lipinski definition) is 1. The minimum atomic E-state index is -0.314. The van der Waals surface area contributed by atoms with E-state index in [-0.39, 0.29) is 22.4 Å². The highest BCUT2D eigenvalue weighted by atomic mass is 32.2. The summed E-state index contributed by atoms with van der Waals surface area (Å²) in [5, 5.41) is 0. The van der Waals surface area contributed by atoms with Crippen molar-refractivity contribution in [2.45, 2.75) is 0 Å². The number of ketones is 2. The molecule has 0 atom stereocenters. The zero-order valence-corrected chi connectivity index (χ0v) is 12.2. The molecule has 2 aromatic carbocycles. The smallest absolute Gasteiger partial charge is 0.261 e. The second-order valence-electron chi connectivity index (χ2n) is 4.65. The van der Waals surface area contributed by atoms with Crippen LogP contribution in [0, 0.1) is 0 Å². The quantitative estimate of drug-likeness (QED) is 0.885. The molecule has 2 aromatic rings. The summed E-state index contributed by atoms with van der Waals surface area (Å²) in [5.41, 5.74) is 1.25. The van der Waals surface area contributed by atoms with Crippen LogP contribution in [0.1, 0.15) is 31.1 Å². The maximum absolute atomic E-state index is 12.3. The number of allylic oxidation sites excluding steroid dienone is 2. The molecule has 0 saturated carbocycles. The van der Waals surface area contributed by atoms with Gasteiger partial charge in [-0.1, -0.05) is 42.5 Å². The fourth-order valence-electron chi connectivity index (χ4n) is 2.12. The van der Waals surface area contributed by atoms with Gasteiger partial charge in [-0.3, -0.25) is 19.1 Å². The largest absolute Gasteiger partial charge is 0.292 e. The fourth-order valence-corrected chi connectivity index (χ4v) is 2.81. The molecule has 0 saturated heterocycles. The highest BCUT2D eigenvalue weighted by Gasteiger charge is 2.26. The topological polar surface area (TPSA) is 63.2 Å². The first-order valence-electron chi connectivity index (χ1n) is 6.59. The van der Waals surface area contributed by atoms with E-state index in [1.54, 1.807) is 48.5 Å². The van der Waals surface area contributed by atoms with Gasteiger partial charge in [0, 0.05) is 22.8 Å². The molecular formula is C17H11NO3S. The van der Waals surface area contributed by atoms with Gasteiger partial charge < -0.3 is 0 Å². The first-order chi connectivity index (χ1) is 10.7. The third kappa shape index (κ3) is 2.71. The Balaban J connectivity index is 1.76. The van der Waals surface area contributed by atoms with Crippen LogP contribution in [0.15, 0.2) is 65.6 Å². The van der Waals surface area contributed by atoms with Crippen molar-refractivity contribution in [3.63, 3.8) is 0 Å². The van der Waals surface area contributed by atoms with Gasteiger partial charge in [0.1, 0.15) is 0 Å². The molecule has 1 aliphatic rings. The van der Waals surface area contributed by atoms with E-state index in [4.69, 9.17) is 0 Å². The summed E-state index contributed by atoms with van der Waals surface area (Å²) in [6, 6.07) is 15.3. The number of amides is 1. The van der Waals surface area contributed by atoms with E-state index in [0.717, 1.165) is 11.9 Å². The van der Waals surface area contributed by atoms with Gasteiger partial charge in [0.2, 0.25) is 5.78 Å². The van der Waals surface area contributed by atoms with E-state index >= 15 is 0 Å². The van der Waals surface area contributed by atoms with E-state index in [9.17, 15) is 14.4 Å². The van der Waals surface area contributed by atoms with Crippen LogP contribution in [-0.4, -0.2) is 17.5 Å². The molecule has 0 spiro atoms. The van der Waals surface area contributed by atoms with Gasteiger partial charge >= 0.3 is 0 Å². The molecular weight excluding hydrogens is 298 g/mol. The van der Waals surface area contributed by atoms with E-state index in [0.29, 0.717) is 16.7 Å². The lowest BCUT2D eigenvalue weighted by Gasteiger charge is -2.14. The second kappa shape index (κ2) is 5.99. The van der Waals surface area contributed by atoms with Crippen LogP contribution >= 0.6 is 11.9 Å². The molecule has 1 N–H and O–H groups in total. The van der Waals surface area contributed by atoms with Gasteiger partial charge in [0.25, 0.3) is 5.91 Å². The number of carbonyl (C=O) groups is 3. The monoisotopic (exact) mass is 309 g/mol. The molecule has 108 valence electrons. The average Bonchev–Trinajstić information content (AvgIpc) is 2.57. The Morgan fingerprint density at radius 1 is 0.864 bits per heavy atom. The summed E-state index contributed by atoms with van der Waals surface area (Å²) in [6.45, 7) is 0. The number of benzene rings is 2. The molecule has 0 aromatic heterocycles. The van der Waals surface area contributed by atoms with E-state index in [1.807, 2.05) is 6.07 Å². The minimum Gasteiger partial charge on any atom is -0.292 e. The van der Waals surface area contributed by atoms with Gasteiger partial charge in [-0.2, -0.15) is 0 Å². The molecule has 0 aliphatic heterocycles. The first-order valence-corrected chi connectivity index (χ1v) is 7.40. The van der Waals surface area contributed by atoms with Crippen LogP contribution in [0.2, 0.25) is 0 Å². The highest BCUT2D eigenvalue weighted by molar-refractivity contribution is 8.02. The van der Waals surface area contributed by atoms with Crippen molar-refractivity contribution < 1.29 is 14.4 Å². The van der Waals surface area contributed by atoms with Crippen molar-refractivity contribution in [2.24, 2.45) is 0 Å². The molecule has 0 fully saturated rings. The third-order valence-corrected chi connectivity index (χ3v) is 4.02. The Labute approximate surface area is 131 Å². The Bertz CT molecular complexity index is 797. The lowest BCUT2D eigenvalue weighted by molar-refractivity contribution is 0.0981. The highest BCUT2D eigenvalue weighted by Crippen LogP contribution is 2.26. The van der Waals surface area contributed by atoms with Crippen LogP contribution in [0.3, 0.4) is 0 Å². The molecule has 22 heavy (non-hydrogen) atoms. The molecule has 4 nitrogen and oxygen atoms in total. The standard InChI is InChI=1S/C17H11NO3S/c19-14-10-15(16(20)13-9-5-4-8-12(13)14)22-18-17(21)11-6-2-1-3-7-11/h1-10H,(H,18,21). The van der Waals surface area contributed by atoms with Gasteiger partial charge in [-0.15, -0.1) is 0 Å². The maximum atomic E-state index is 12.3. The number of carbonyl (C=O) groups excluding carboxylic acids is 3. The van der Waals surface area contributed by atoms with Crippen LogP contribution in [-0.2, 0) is 0 Å². The zero-order valence-electron chi connectivity index (χ0n) is 11.4. The molecule has 3 rings (SSSR count). The van der Waals surface area contributed by atoms with Crippen molar-refractivity contribution in [3.05, 3.63) is 82.3 Å². The lowest BCUT2D eigenvalue weighted by Crippen LogP contribution is -2.21. The van der Waals surface area contributed by atoms with Crippen molar-refractivity contribution in [1.82, 2.24) is 4.72 Å². The Morgan fingerprint density at radius 2 is 1.50 bits per heavy atom. The normalized spacial score (nSPS) is 13.4. The Morgan fingerprint density at radius 3 is 2.23 bits per heavy atom. The van der Waals surface area contributed by atoms with E-state index < -0.39 is 0 Å². The minimum absolute atomic E-state index is 0.216. The zero-order chi connectivity index (χ0) is 15.5. The molecule has 5 heteroatoms. The van der Waals surface area contributed by atoms with Gasteiger partial charge in [0.05, 0.1) is 4.91 Å². The number of Topliss-reactive ketones (excluding diaryl/α,β-unsaturated/α-hetero) is 1. The summed E-state index contributed by atoms with van der Waals surface area (Å²) < 4.78 is 2.59. The van der Waals surface area contributed by atoms with Crippen molar-refractivity contribution in [1.29, 1.82) is 0 Å². The summed E-state index contributed by atoms with van der Waals surface area (Å²) in [4.78, 5) is 36.5. The number of rotatable bonds is 3. The number of fused-ring (bicyclic) bond motifs is 1. The van der Waals surface area contributed by atoms with Crippen LogP contribution in [0.25, 0.3) is 0 Å². The fraction of sp³-hybridized carbons (Fsp3) is 0. The van der Waals surface area contributed by atoms with E-state index in [2.05, 4.69) is 4.72 Å². The Hall–Kier alpha value is -2.66. The van der Waals surface area contributed by atoms with Crippen LogP contribution < -0.4 is 4.72 Å². The van der Waals surface area contributed by atoms with Crippen LogP contribution in [0.5, 0.6) is 0 Å². The van der Waals surface area contributed by atoms with Gasteiger partial charge in [0.15, 0.2) is 5.78 Å². The summed E-state index contributed by atoms with van der Waals surface area (Å²) >= 11 is 0.867. The molecule has 0 heterocycles.